The molecule has 0 atom stereocenters. The topological polar surface area (TPSA) is 38.3 Å². The van der Waals surface area contributed by atoms with Gasteiger partial charge in [-0.2, -0.15) is 5.48 Å². The molecule has 3 nitrogen and oxygen atoms in total. The van der Waals surface area contributed by atoms with E-state index in [4.69, 9.17) is 0 Å². The molecule has 0 bridgehead atoms. The van der Waals surface area contributed by atoms with Crippen LogP contribution < -0.4 is 5.48 Å². The lowest BCUT2D eigenvalue weighted by molar-refractivity contribution is 0.0304. The zero-order valence-corrected chi connectivity index (χ0v) is 6.50. The van der Waals surface area contributed by atoms with Gasteiger partial charge in [0.15, 0.2) is 0 Å². The Morgan fingerprint density at radius 2 is 2.17 bits per heavy atom. The van der Waals surface area contributed by atoms with Crippen LogP contribution in [0.1, 0.15) is 10.4 Å². The van der Waals surface area contributed by atoms with Gasteiger partial charge in [-0.05, 0) is 12.1 Å². The van der Waals surface area contributed by atoms with Gasteiger partial charge in [0, 0.05) is 7.05 Å². The number of halogens is 1. The van der Waals surface area contributed by atoms with E-state index in [0.29, 0.717) is 0 Å². The summed E-state index contributed by atoms with van der Waals surface area (Å²) in [6.45, 7) is 0. The molecule has 1 aromatic rings. The van der Waals surface area contributed by atoms with Gasteiger partial charge < -0.3 is 4.84 Å². The molecule has 0 amide bonds. The van der Waals surface area contributed by atoms with Crippen molar-refractivity contribution in [2.45, 2.75) is 0 Å². The van der Waals surface area contributed by atoms with E-state index in [1.807, 2.05) is 0 Å². The smallest absolute Gasteiger partial charge is 0.359 e. The monoisotopic (exact) mass is 169 g/mol. The van der Waals surface area contributed by atoms with Crippen LogP contribution in [-0.4, -0.2) is 13.0 Å². The molecule has 0 aromatic heterocycles. The van der Waals surface area contributed by atoms with Gasteiger partial charge in [0.25, 0.3) is 0 Å². The second kappa shape index (κ2) is 3.82. The zero-order chi connectivity index (χ0) is 8.97. The molecular weight excluding hydrogens is 161 g/mol. The summed E-state index contributed by atoms with van der Waals surface area (Å²) in [4.78, 5) is 15.3. The first-order valence-corrected chi connectivity index (χ1v) is 3.38. The molecule has 0 fully saturated rings. The molecule has 0 aliphatic carbocycles. The lowest BCUT2D eigenvalue weighted by Crippen LogP contribution is -2.16. The molecule has 64 valence electrons. The summed E-state index contributed by atoms with van der Waals surface area (Å²) in [5.41, 5.74) is 2.10. The van der Waals surface area contributed by atoms with E-state index in [2.05, 4.69) is 10.3 Å². The number of hydroxylamine groups is 1. The molecule has 1 aromatic carbocycles. The number of carbonyl (C=O) groups excluding carboxylic acids is 1. The zero-order valence-electron chi connectivity index (χ0n) is 6.50. The Labute approximate surface area is 69.1 Å². The van der Waals surface area contributed by atoms with Crippen LogP contribution in [0.25, 0.3) is 0 Å². The van der Waals surface area contributed by atoms with E-state index in [0.717, 1.165) is 0 Å². The third-order valence-corrected chi connectivity index (χ3v) is 1.29. The van der Waals surface area contributed by atoms with E-state index in [1.54, 1.807) is 6.07 Å². The molecule has 0 saturated carbocycles. The van der Waals surface area contributed by atoms with E-state index in [1.165, 1.54) is 25.2 Å². The molecule has 0 saturated heterocycles. The van der Waals surface area contributed by atoms with Gasteiger partial charge in [-0.3, -0.25) is 0 Å². The Bertz CT molecular complexity index is 288. The third-order valence-electron chi connectivity index (χ3n) is 1.29. The molecule has 0 unspecified atom stereocenters. The van der Waals surface area contributed by atoms with Gasteiger partial charge in [-0.1, -0.05) is 12.1 Å². The van der Waals surface area contributed by atoms with Gasteiger partial charge in [0.1, 0.15) is 5.82 Å². The fraction of sp³-hybridized carbons (Fsp3) is 0.125. The first-order valence-electron chi connectivity index (χ1n) is 3.38. The van der Waals surface area contributed by atoms with Crippen molar-refractivity contribution in [3.05, 3.63) is 35.6 Å². The van der Waals surface area contributed by atoms with Crippen molar-refractivity contribution in [1.29, 1.82) is 0 Å². The second-order valence-corrected chi connectivity index (χ2v) is 2.07. The highest BCUT2D eigenvalue weighted by Crippen LogP contribution is 2.06. The van der Waals surface area contributed by atoms with Crippen LogP contribution in [0.15, 0.2) is 24.3 Å². The highest BCUT2D eigenvalue weighted by Gasteiger charge is 2.10. The Hall–Kier alpha value is -1.42. The molecule has 1 rings (SSSR count). The highest BCUT2D eigenvalue weighted by atomic mass is 19.1. The molecule has 0 aliphatic heterocycles. The average molecular weight is 169 g/mol. The van der Waals surface area contributed by atoms with Crippen LogP contribution in [-0.2, 0) is 4.84 Å². The number of hydrogen-bond acceptors (Lipinski definition) is 3. The molecule has 0 radical (unpaired) electrons. The van der Waals surface area contributed by atoms with Gasteiger partial charge in [-0.15, -0.1) is 0 Å². The Balaban J connectivity index is 2.87. The number of carbonyl (C=O) groups is 1. The van der Waals surface area contributed by atoms with E-state index in [9.17, 15) is 9.18 Å². The number of rotatable bonds is 2. The standard InChI is InChI=1S/C8H8FNO2/c1-10-12-8(11)6-4-2-3-5-7(6)9/h2-5,10H,1H3. The van der Waals surface area contributed by atoms with Crippen molar-refractivity contribution in [2.75, 3.05) is 7.05 Å². The number of hydrogen-bond donors (Lipinski definition) is 1. The van der Waals surface area contributed by atoms with Crippen LogP contribution in [0.3, 0.4) is 0 Å². The first-order chi connectivity index (χ1) is 5.75. The van der Waals surface area contributed by atoms with Crippen LogP contribution in [0.2, 0.25) is 0 Å². The van der Waals surface area contributed by atoms with Crippen molar-refractivity contribution in [1.82, 2.24) is 5.48 Å². The summed E-state index contributed by atoms with van der Waals surface area (Å²) >= 11 is 0. The normalized spacial score (nSPS) is 9.50. The van der Waals surface area contributed by atoms with Crippen LogP contribution >= 0.6 is 0 Å². The molecule has 1 N–H and O–H groups in total. The number of benzene rings is 1. The molecule has 4 heteroatoms. The minimum Gasteiger partial charge on any atom is -0.367 e. The Morgan fingerprint density at radius 1 is 1.50 bits per heavy atom. The molecular formula is C8H8FNO2. The molecule has 0 aliphatic rings. The predicted octanol–water partition coefficient (Wildman–Crippen LogP) is 1.12. The molecule has 12 heavy (non-hydrogen) atoms. The van der Waals surface area contributed by atoms with Gasteiger partial charge in [-0.25, -0.2) is 9.18 Å². The lowest BCUT2D eigenvalue weighted by atomic mass is 10.2. The minimum atomic E-state index is -0.726. The summed E-state index contributed by atoms with van der Waals surface area (Å²) < 4.78 is 12.8. The van der Waals surface area contributed by atoms with Gasteiger partial charge in [0.05, 0.1) is 5.56 Å². The van der Waals surface area contributed by atoms with E-state index in [-0.39, 0.29) is 5.56 Å². The maximum Gasteiger partial charge on any atom is 0.359 e. The molecule has 0 heterocycles. The van der Waals surface area contributed by atoms with Crippen molar-refractivity contribution < 1.29 is 14.0 Å². The highest BCUT2D eigenvalue weighted by molar-refractivity contribution is 5.89. The maximum atomic E-state index is 12.8. The van der Waals surface area contributed by atoms with Crippen LogP contribution in [0, 0.1) is 5.82 Å². The quantitative estimate of drug-likeness (QED) is 0.674. The summed E-state index contributed by atoms with van der Waals surface area (Å²) in [5.74, 6) is -1.31. The van der Waals surface area contributed by atoms with Crippen molar-refractivity contribution >= 4 is 5.97 Å². The lowest BCUT2D eigenvalue weighted by Gasteiger charge is -2.01. The van der Waals surface area contributed by atoms with Crippen LogP contribution in [0.4, 0.5) is 4.39 Å². The fourth-order valence-corrected chi connectivity index (χ4v) is 0.774. The number of nitrogens with one attached hydrogen (secondary N) is 1. The summed E-state index contributed by atoms with van der Waals surface area (Å²) in [5, 5.41) is 0. The van der Waals surface area contributed by atoms with Crippen LogP contribution in [0.5, 0.6) is 0 Å². The van der Waals surface area contributed by atoms with E-state index < -0.39 is 11.8 Å². The Kier molecular flexibility index (Phi) is 2.76. The van der Waals surface area contributed by atoms with Crippen molar-refractivity contribution in [3.8, 4) is 0 Å². The summed E-state index contributed by atoms with van der Waals surface area (Å²) in [7, 11) is 1.43. The second-order valence-electron chi connectivity index (χ2n) is 2.07. The SMILES string of the molecule is CNOC(=O)c1ccccc1F. The minimum absolute atomic E-state index is 0.0770. The predicted molar refractivity (Wildman–Crippen MR) is 40.9 cm³/mol. The third kappa shape index (κ3) is 1.79. The van der Waals surface area contributed by atoms with Crippen molar-refractivity contribution in [3.63, 3.8) is 0 Å². The fourth-order valence-electron chi connectivity index (χ4n) is 0.774. The summed E-state index contributed by atoms with van der Waals surface area (Å²) in [6, 6.07) is 5.63. The first kappa shape index (κ1) is 8.67. The summed E-state index contributed by atoms with van der Waals surface area (Å²) in [6.07, 6.45) is 0. The average Bonchev–Trinajstić information content (AvgIpc) is 2.05. The largest absolute Gasteiger partial charge is 0.367 e. The molecule has 0 spiro atoms. The van der Waals surface area contributed by atoms with E-state index >= 15 is 0 Å². The van der Waals surface area contributed by atoms with Gasteiger partial charge >= 0.3 is 5.97 Å². The van der Waals surface area contributed by atoms with Crippen molar-refractivity contribution in [2.24, 2.45) is 0 Å². The van der Waals surface area contributed by atoms with Gasteiger partial charge in [0.2, 0.25) is 0 Å². The Morgan fingerprint density at radius 3 is 2.75 bits per heavy atom. The maximum absolute atomic E-state index is 12.8.